The van der Waals surface area contributed by atoms with Crippen LogP contribution >= 0.6 is 0 Å². The second-order valence-corrected chi connectivity index (χ2v) is 5.47. The van der Waals surface area contributed by atoms with Crippen molar-refractivity contribution in [2.24, 2.45) is 5.92 Å². The zero-order valence-corrected chi connectivity index (χ0v) is 12.6. The summed E-state index contributed by atoms with van der Waals surface area (Å²) in [7, 11) is 0. The van der Waals surface area contributed by atoms with Crippen molar-refractivity contribution in [1.29, 1.82) is 0 Å². The molecule has 1 atom stereocenters. The molecule has 0 aliphatic heterocycles. The Kier molecular flexibility index (Phi) is 7.29. The molecule has 5 heteroatoms. The fourth-order valence-electron chi connectivity index (χ4n) is 1.99. The van der Waals surface area contributed by atoms with Crippen molar-refractivity contribution in [3.8, 4) is 0 Å². The van der Waals surface area contributed by atoms with Crippen LogP contribution in [0.4, 0.5) is 4.79 Å². The zero-order valence-electron chi connectivity index (χ0n) is 12.6. The number of nitrogens with one attached hydrogen (secondary N) is 2. The molecule has 0 saturated carbocycles. The van der Waals surface area contributed by atoms with Gasteiger partial charge >= 0.3 is 12.0 Å². The quantitative estimate of drug-likeness (QED) is 0.645. The van der Waals surface area contributed by atoms with Crippen LogP contribution in [0.5, 0.6) is 0 Å². The molecule has 2 amide bonds. The average Bonchev–Trinajstić information content (AvgIpc) is 2.44. The molecule has 0 radical (unpaired) electrons. The van der Waals surface area contributed by atoms with Crippen LogP contribution in [0.2, 0.25) is 0 Å². The molecule has 0 spiro atoms. The monoisotopic (exact) mass is 292 g/mol. The number of amides is 2. The molecule has 3 N–H and O–H groups in total. The first-order valence-corrected chi connectivity index (χ1v) is 7.33. The van der Waals surface area contributed by atoms with Crippen molar-refractivity contribution in [1.82, 2.24) is 10.6 Å². The van der Waals surface area contributed by atoms with Crippen molar-refractivity contribution in [3.05, 3.63) is 35.9 Å². The number of carbonyl (C=O) groups is 2. The lowest BCUT2D eigenvalue weighted by Crippen LogP contribution is -2.41. The van der Waals surface area contributed by atoms with Gasteiger partial charge in [-0.2, -0.15) is 0 Å². The third-order valence-electron chi connectivity index (χ3n) is 3.15. The Balaban J connectivity index is 2.39. The van der Waals surface area contributed by atoms with Gasteiger partial charge in [0.15, 0.2) is 6.04 Å². The molecule has 0 aromatic heterocycles. The first-order valence-electron chi connectivity index (χ1n) is 7.33. The van der Waals surface area contributed by atoms with Crippen LogP contribution in [0, 0.1) is 5.92 Å². The van der Waals surface area contributed by atoms with E-state index in [9.17, 15) is 14.7 Å². The van der Waals surface area contributed by atoms with Gasteiger partial charge in [0.2, 0.25) is 0 Å². The molecule has 1 aromatic rings. The van der Waals surface area contributed by atoms with Crippen LogP contribution in [0.15, 0.2) is 30.3 Å². The minimum absolute atomic E-state index is 0.448. The van der Waals surface area contributed by atoms with E-state index in [4.69, 9.17) is 0 Å². The van der Waals surface area contributed by atoms with Crippen LogP contribution in [0.3, 0.4) is 0 Å². The summed E-state index contributed by atoms with van der Waals surface area (Å²) >= 11 is 0. The predicted molar refractivity (Wildman–Crippen MR) is 82.0 cm³/mol. The Morgan fingerprint density at radius 3 is 2.38 bits per heavy atom. The van der Waals surface area contributed by atoms with Crippen molar-refractivity contribution in [2.75, 3.05) is 6.54 Å². The maximum atomic E-state index is 11.7. The molecule has 0 aliphatic rings. The van der Waals surface area contributed by atoms with E-state index < -0.39 is 18.0 Å². The molecule has 0 saturated heterocycles. The first kappa shape index (κ1) is 17.0. The maximum Gasteiger partial charge on any atom is 0.330 e. The lowest BCUT2D eigenvalue weighted by atomic mass is 10.1. The van der Waals surface area contributed by atoms with E-state index in [0.717, 1.165) is 19.3 Å². The summed E-state index contributed by atoms with van der Waals surface area (Å²) in [5.74, 6) is -0.413. The fourth-order valence-corrected chi connectivity index (χ4v) is 1.99. The summed E-state index contributed by atoms with van der Waals surface area (Å²) < 4.78 is 0. The highest BCUT2D eigenvalue weighted by Crippen LogP contribution is 2.12. The van der Waals surface area contributed by atoms with E-state index in [1.54, 1.807) is 30.3 Å². The van der Waals surface area contributed by atoms with Crippen LogP contribution in [0.25, 0.3) is 0 Å². The van der Waals surface area contributed by atoms with E-state index in [-0.39, 0.29) is 0 Å². The number of hydrogen-bond acceptors (Lipinski definition) is 2. The highest BCUT2D eigenvalue weighted by atomic mass is 16.4. The molecule has 116 valence electrons. The topological polar surface area (TPSA) is 78.4 Å². The van der Waals surface area contributed by atoms with E-state index in [1.165, 1.54) is 0 Å². The van der Waals surface area contributed by atoms with Gasteiger partial charge in [-0.05, 0) is 17.9 Å². The summed E-state index contributed by atoms with van der Waals surface area (Å²) in [6.45, 7) is 4.88. The zero-order chi connectivity index (χ0) is 15.7. The molecule has 0 bridgehead atoms. The molecular weight excluding hydrogens is 268 g/mol. The van der Waals surface area contributed by atoms with Gasteiger partial charge in [-0.15, -0.1) is 0 Å². The Hall–Kier alpha value is -2.04. The highest BCUT2D eigenvalue weighted by Gasteiger charge is 2.21. The third-order valence-corrected chi connectivity index (χ3v) is 3.15. The van der Waals surface area contributed by atoms with Gasteiger partial charge in [-0.3, -0.25) is 0 Å². The van der Waals surface area contributed by atoms with Crippen molar-refractivity contribution in [3.63, 3.8) is 0 Å². The summed E-state index contributed by atoms with van der Waals surface area (Å²) in [5.41, 5.74) is 0.556. The Labute approximate surface area is 125 Å². The second kappa shape index (κ2) is 9.00. The normalized spacial score (nSPS) is 12.0. The Bertz CT molecular complexity index is 446. The van der Waals surface area contributed by atoms with E-state index in [0.29, 0.717) is 18.0 Å². The first-order chi connectivity index (χ1) is 10.0. The molecule has 0 unspecified atom stereocenters. The number of carboxylic acid groups (broad SMARTS) is 1. The van der Waals surface area contributed by atoms with Crippen molar-refractivity contribution >= 4 is 12.0 Å². The Morgan fingerprint density at radius 1 is 1.14 bits per heavy atom. The summed E-state index contributed by atoms with van der Waals surface area (Å²) in [6.07, 6.45) is 3.08. The van der Waals surface area contributed by atoms with Crippen LogP contribution in [-0.2, 0) is 4.79 Å². The van der Waals surface area contributed by atoms with Crippen molar-refractivity contribution in [2.45, 2.75) is 39.2 Å². The molecular formula is C16H24N2O3. The van der Waals surface area contributed by atoms with Gasteiger partial charge in [-0.1, -0.05) is 57.0 Å². The van der Waals surface area contributed by atoms with Crippen LogP contribution in [-0.4, -0.2) is 23.7 Å². The number of unbranched alkanes of at least 4 members (excludes halogenated alkanes) is 1. The highest BCUT2D eigenvalue weighted by molar-refractivity contribution is 5.83. The standard InChI is InChI=1S/C16H24N2O3/c1-12(2)8-6-7-11-17-16(21)18-14(15(19)20)13-9-4-3-5-10-13/h3-5,9-10,12,14H,6-8,11H2,1-2H3,(H,19,20)(H2,17,18,21)/t14-/m0/s1. The molecule has 21 heavy (non-hydrogen) atoms. The minimum Gasteiger partial charge on any atom is -0.479 e. The summed E-state index contributed by atoms with van der Waals surface area (Å²) in [5, 5.41) is 14.4. The lowest BCUT2D eigenvalue weighted by Gasteiger charge is -2.15. The maximum absolute atomic E-state index is 11.7. The molecule has 5 nitrogen and oxygen atoms in total. The molecule has 1 rings (SSSR count). The van der Waals surface area contributed by atoms with Crippen molar-refractivity contribution < 1.29 is 14.7 Å². The smallest absolute Gasteiger partial charge is 0.330 e. The van der Waals surface area contributed by atoms with E-state index in [1.807, 2.05) is 0 Å². The number of carboxylic acids is 1. The molecule has 0 heterocycles. The molecule has 1 aromatic carbocycles. The van der Waals surface area contributed by atoms with Gasteiger partial charge in [0.25, 0.3) is 0 Å². The van der Waals surface area contributed by atoms with Crippen LogP contribution in [0.1, 0.15) is 44.7 Å². The summed E-state index contributed by atoms with van der Waals surface area (Å²) in [4.78, 5) is 23.0. The van der Waals surface area contributed by atoms with Crippen LogP contribution < -0.4 is 10.6 Å². The minimum atomic E-state index is -1.07. The SMILES string of the molecule is CC(C)CCCCNC(=O)N[C@H](C(=O)O)c1ccccc1. The Morgan fingerprint density at radius 2 is 1.81 bits per heavy atom. The van der Waals surface area contributed by atoms with Gasteiger partial charge in [0, 0.05) is 6.54 Å². The van der Waals surface area contributed by atoms with Gasteiger partial charge < -0.3 is 15.7 Å². The number of hydrogen-bond donors (Lipinski definition) is 3. The fraction of sp³-hybridized carbons (Fsp3) is 0.500. The third kappa shape index (κ3) is 6.79. The largest absolute Gasteiger partial charge is 0.479 e. The number of urea groups is 1. The average molecular weight is 292 g/mol. The molecule has 0 fully saturated rings. The number of carbonyl (C=O) groups excluding carboxylic acids is 1. The summed E-state index contributed by atoms with van der Waals surface area (Å²) in [6, 6.07) is 7.19. The van der Waals surface area contributed by atoms with Gasteiger partial charge in [-0.25, -0.2) is 9.59 Å². The lowest BCUT2D eigenvalue weighted by molar-refractivity contribution is -0.139. The van der Waals surface area contributed by atoms with Gasteiger partial charge in [0.05, 0.1) is 0 Å². The second-order valence-electron chi connectivity index (χ2n) is 5.47. The number of benzene rings is 1. The van der Waals surface area contributed by atoms with Gasteiger partial charge in [0.1, 0.15) is 0 Å². The number of aliphatic carboxylic acids is 1. The number of rotatable bonds is 8. The predicted octanol–water partition coefficient (Wildman–Crippen LogP) is 2.94. The van der Waals surface area contributed by atoms with E-state index in [2.05, 4.69) is 24.5 Å². The molecule has 0 aliphatic carbocycles. The van der Waals surface area contributed by atoms with E-state index >= 15 is 0 Å².